The Hall–Kier alpha value is -15.8. The van der Waals surface area contributed by atoms with Crippen molar-refractivity contribution in [1.29, 1.82) is 0 Å². The summed E-state index contributed by atoms with van der Waals surface area (Å²) in [6.07, 6.45) is 3.39. The van der Waals surface area contributed by atoms with E-state index in [9.17, 15) is 0 Å². The van der Waals surface area contributed by atoms with Crippen LogP contribution < -0.4 is 0 Å². The molecule has 0 amide bonds. The van der Waals surface area contributed by atoms with Gasteiger partial charge >= 0.3 is 0 Å². The molecule has 612 valence electrons. The first-order chi connectivity index (χ1) is 63.9. The van der Waals surface area contributed by atoms with Crippen molar-refractivity contribution in [3.05, 3.63) is 435 Å². The number of rotatable bonds is 12. The third-order valence-corrected chi connectivity index (χ3v) is 29.5. The molecule has 26 rings (SSSR count). The Labute approximate surface area is 760 Å². The molecule has 130 heavy (non-hydrogen) atoms. The number of furan rings is 2. The number of fused-ring (bicyclic) bond motifs is 18. The molecular weight excluding hydrogens is 1620 g/mol. The first kappa shape index (κ1) is 76.6. The summed E-state index contributed by atoms with van der Waals surface area (Å²) in [6, 6.07) is 145. The summed E-state index contributed by atoms with van der Waals surface area (Å²) in [5, 5.41) is 6.73. The van der Waals surface area contributed by atoms with E-state index in [2.05, 4.69) is 428 Å². The minimum absolute atomic E-state index is 0.0819. The SMILES string of the molecule is CC1(C)c2ccccc2-c2ccc(-c3ccc4oc5c(-c6cccc(-c7cccc(-c8ncnc9c8sc8ccccc89)c7)c6)cc(-c6ccc7c(c6)C(C)(C)c6ccccc6-7)cc5c4c3)cc21.c1ccc(-c2cccc(-c3ccc4oc5c(-c6cccc(-c7cccc(-c8ncnc9c8sc8ccccc89)c7)c6)cc(-c6cccc(-c7ccccc7)c6)cc5c4c3)c2)cc1. The fourth-order valence-corrected chi connectivity index (χ4v) is 22.9. The second-order valence-electron chi connectivity index (χ2n) is 35.5. The zero-order chi connectivity index (χ0) is 86.5. The molecule has 0 N–H and O–H groups in total. The zero-order valence-corrected chi connectivity index (χ0v) is 73.3. The van der Waals surface area contributed by atoms with Gasteiger partial charge in [-0.25, -0.2) is 19.9 Å². The van der Waals surface area contributed by atoms with Crippen LogP contribution in [-0.4, -0.2) is 19.9 Å². The number of nitrogens with zero attached hydrogens (tertiary/aromatic N) is 4. The molecule has 0 saturated carbocycles. The van der Waals surface area contributed by atoms with E-state index in [0.29, 0.717) is 0 Å². The van der Waals surface area contributed by atoms with E-state index in [0.717, 1.165) is 154 Å². The van der Waals surface area contributed by atoms with E-state index in [1.54, 1.807) is 35.3 Å². The fourth-order valence-electron chi connectivity index (χ4n) is 20.5. The maximum Gasteiger partial charge on any atom is 0.143 e. The summed E-state index contributed by atoms with van der Waals surface area (Å²) >= 11 is 3.51. The number of hydrogen-bond donors (Lipinski definition) is 0. The van der Waals surface area contributed by atoms with Gasteiger partial charge in [-0.15, -0.1) is 22.7 Å². The quantitative estimate of drug-likeness (QED) is 0.121. The Morgan fingerprint density at radius 3 is 0.931 bits per heavy atom. The van der Waals surface area contributed by atoms with Crippen molar-refractivity contribution in [3.8, 4) is 156 Å². The van der Waals surface area contributed by atoms with Gasteiger partial charge in [0.15, 0.2) is 0 Å². The van der Waals surface area contributed by atoms with Crippen LogP contribution in [0.25, 0.3) is 241 Å². The average molecular weight is 1700 g/mol. The predicted molar refractivity (Wildman–Crippen MR) is 545 cm³/mol. The molecule has 6 heterocycles. The van der Waals surface area contributed by atoms with E-state index in [1.807, 2.05) is 0 Å². The first-order valence-electron chi connectivity index (χ1n) is 44.4. The van der Waals surface area contributed by atoms with E-state index < -0.39 is 0 Å². The average Bonchev–Trinajstić information content (AvgIpc) is 1.57. The minimum atomic E-state index is -0.116. The highest BCUT2D eigenvalue weighted by Gasteiger charge is 2.37. The Bertz CT molecular complexity index is 8770. The summed E-state index contributed by atoms with van der Waals surface area (Å²) < 4.78 is 18.5. The van der Waals surface area contributed by atoms with Crippen molar-refractivity contribution < 1.29 is 8.83 Å². The van der Waals surface area contributed by atoms with Crippen molar-refractivity contribution in [1.82, 2.24) is 19.9 Å². The molecule has 6 aromatic heterocycles. The maximum atomic E-state index is 6.99. The van der Waals surface area contributed by atoms with Gasteiger partial charge in [0.1, 0.15) is 35.0 Å². The van der Waals surface area contributed by atoms with Gasteiger partial charge in [0, 0.05) is 74.8 Å². The summed E-state index contributed by atoms with van der Waals surface area (Å²) in [4.78, 5) is 19.1. The molecule has 24 aromatic rings. The van der Waals surface area contributed by atoms with E-state index in [1.165, 1.54) is 109 Å². The van der Waals surface area contributed by atoms with Crippen LogP contribution in [0.2, 0.25) is 0 Å². The molecular formula is C122H80N4O2S2. The van der Waals surface area contributed by atoms with Crippen LogP contribution in [0.3, 0.4) is 0 Å². The minimum Gasteiger partial charge on any atom is -0.455 e. The molecule has 0 saturated heterocycles. The van der Waals surface area contributed by atoms with Gasteiger partial charge in [-0.1, -0.05) is 319 Å². The summed E-state index contributed by atoms with van der Waals surface area (Å²) in [5.74, 6) is 0. The molecule has 8 heteroatoms. The normalized spacial score (nSPS) is 12.9. The molecule has 0 fully saturated rings. The van der Waals surface area contributed by atoms with Crippen LogP contribution in [0.1, 0.15) is 49.9 Å². The molecule has 0 unspecified atom stereocenters. The lowest BCUT2D eigenvalue weighted by molar-refractivity contribution is 0.660. The predicted octanol–water partition coefficient (Wildman–Crippen LogP) is 34.1. The maximum absolute atomic E-state index is 6.99. The lowest BCUT2D eigenvalue weighted by Crippen LogP contribution is -2.14. The van der Waals surface area contributed by atoms with Crippen molar-refractivity contribution in [2.75, 3.05) is 0 Å². The number of benzene rings is 18. The molecule has 6 nitrogen and oxygen atoms in total. The Morgan fingerprint density at radius 2 is 0.500 bits per heavy atom. The Balaban J connectivity index is 0.000000141. The van der Waals surface area contributed by atoms with Crippen LogP contribution in [0.5, 0.6) is 0 Å². The van der Waals surface area contributed by atoms with Gasteiger partial charge in [0.05, 0.1) is 31.8 Å². The first-order valence-corrected chi connectivity index (χ1v) is 46.0. The topological polar surface area (TPSA) is 77.8 Å². The van der Waals surface area contributed by atoms with Crippen molar-refractivity contribution in [2.24, 2.45) is 0 Å². The number of hydrogen-bond acceptors (Lipinski definition) is 8. The second-order valence-corrected chi connectivity index (χ2v) is 37.6. The van der Waals surface area contributed by atoms with E-state index in [-0.39, 0.29) is 10.8 Å². The number of aromatic nitrogens is 4. The molecule has 18 aromatic carbocycles. The highest BCUT2D eigenvalue weighted by atomic mass is 32.1. The molecule has 0 radical (unpaired) electrons. The summed E-state index contributed by atoms with van der Waals surface area (Å²) in [6.45, 7) is 9.42. The van der Waals surface area contributed by atoms with Crippen LogP contribution in [0.4, 0.5) is 0 Å². The number of thiophene rings is 2. The van der Waals surface area contributed by atoms with Gasteiger partial charge in [-0.2, -0.15) is 0 Å². The molecule has 0 spiro atoms. The lowest BCUT2D eigenvalue weighted by Gasteiger charge is -2.22. The zero-order valence-electron chi connectivity index (χ0n) is 71.7. The molecule has 2 aliphatic rings. The molecule has 0 aliphatic heterocycles. The van der Waals surface area contributed by atoms with E-state index in [4.69, 9.17) is 28.8 Å². The highest BCUT2D eigenvalue weighted by molar-refractivity contribution is 7.26. The Morgan fingerprint density at radius 1 is 0.200 bits per heavy atom. The van der Waals surface area contributed by atoms with Crippen LogP contribution in [0.15, 0.2) is 422 Å². The highest BCUT2D eigenvalue weighted by Crippen LogP contribution is 2.54. The van der Waals surface area contributed by atoms with Crippen LogP contribution >= 0.6 is 22.7 Å². The molecule has 2 aliphatic carbocycles. The van der Waals surface area contributed by atoms with Crippen molar-refractivity contribution in [2.45, 2.75) is 38.5 Å². The molecule has 0 atom stereocenters. The van der Waals surface area contributed by atoms with Crippen molar-refractivity contribution >= 4 is 107 Å². The van der Waals surface area contributed by atoms with Crippen molar-refractivity contribution in [3.63, 3.8) is 0 Å². The van der Waals surface area contributed by atoms with Gasteiger partial charge in [0.25, 0.3) is 0 Å². The summed E-state index contributed by atoms with van der Waals surface area (Å²) in [7, 11) is 0. The standard InChI is InChI=1S/C64H44N2OS.C58H36N2OS/c1-63(2)53-20-8-5-17-45(53)47-26-23-40(34-55(47)63)39-25-28-57-51(31-39)52-33-44(41-24-27-48-46-18-6-9-21-54(46)64(3,4)56(48)35-41)32-50(61(52)67-57)42-15-11-13-37(29-42)38-14-12-16-43(30-38)59-62-60(66-36-65-59)49-19-7-10-22-58(49)68-62;1-3-13-37(14-4-1)39-17-9-19-41(29-39)45-27-28-53-51(33-45)52-35-48(44-22-10-18-40(30-44)38-15-5-2-6-16-38)34-50(57(52)61-53)46-23-11-20-42(31-46)43-21-12-24-47(32-43)55-58-56(60-36-59-55)49-25-7-8-26-54(49)62-58/h5-36H,1-4H3;1-36H. The lowest BCUT2D eigenvalue weighted by atomic mass is 9.81. The summed E-state index contributed by atoms with van der Waals surface area (Å²) in [5.41, 5.74) is 43.1. The smallest absolute Gasteiger partial charge is 0.143 e. The largest absolute Gasteiger partial charge is 0.455 e. The third kappa shape index (κ3) is 12.9. The monoisotopic (exact) mass is 1700 g/mol. The second kappa shape index (κ2) is 30.5. The molecule has 0 bridgehead atoms. The van der Waals surface area contributed by atoms with Gasteiger partial charge in [-0.05, 0) is 254 Å². The van der Waals surface area contributed by atoms with Crippen LogP contribution in [-0.2, 0) is 10.8 Å². The third-order valence-electron chi connectivity index (χ3n) is 27.2. The Kier molecular flexibility index (Phi) is 17.9. The van der Waals surface area contributed by atoms with E-state index >= 15 is 0 Å². The van der Waals surface area contributed by atoms with Crippen LogP contribution in [0, 0.1) is 0 Å². The fraction of sp³-hybridized carbons (Fsp3) is 0.0492. The van der Waals surface area contributed by atoms with Gasteiger partial charge < -0.3 is 8.83 Å². The van der Waals surface area contributed by atoms with Gasteiger partial charge in [0.2, 0.25) is 0 Å². The van der Waals surface area contributed by atoms with Gasteiger partial charge in [-0.3, -0.25) is 0 Å².